The molecule has 4 heteroatoms. The molecule has 0 unspecified atom stereocenters. The number of rotatable bonds is 0. The van der Waals surface area contributed by atoms with Gasteiger partial charge >= 0.3 is 0 Å². The van der Waals surface area contributed by atoms with Crippen LogP contribution in [-0.4, -0.2) is 16.5 Å². The zero-order valence-electron chi connectivity index (χ0n) is 6.58. The van der Waals surface area contributed by atoms with Crippen molar-refractivity contribution in [2.45, 2.75) is 0 Å². The van der Waals surface area contributed by atoms with E-state index in [2.05, 4.69) is 38.8 Å². The molecule has 1 aromatic heterocycles. The molecule has 0 radical (unpaired) electrons. The Morgan fingerprint density at radius 2 is 2.17 bits per heavy atom. The highest BCUT2D eigenvalue weighted by Crippen LogP contribution is 2.16. The highest BCUT2D eigenvalue weighted by atomic mass is 79.9. The van der Waals surface area contributed by atoms with Crippen LogP contribution in [0, 0.1) is 0 Å². The second-order valence-electron chi connectivity index (χ2n) is 2.10. The average molecular weight is 245 g/mol. The molecule has 0 aliphatic heterocycles. The summed E-state index contributed by atoms with van der Waals surface area (Å²) in [6.07, 6.45) is 3.50. The molecule has 0 aliphatic carbocycles. The van der Waals surface area contributed by atoms with Gasteiger partial charge in [-0.3, -0.25) is 5.10 Å². The summed E-state index contributed by atoms with van der Waals surface area (Å²) >= 11 is 6.90. The Morgan fingerprint density at radius 1 is 1.42 bits per heavy atom. The Labute approximate surface area is 84.9 Å². The summed E-state index contributed by atoms with van der Waals surface area (Å²) in [5.41, 5.74) is 1.07. The number of H-pyrrole nitrogens is 1. The lowest BCUT2D eigenvalue weighted by atomic mass is 10.3. The summed E-state index contributed by atoms with van der Waals surface area (Å²) in [6, 6.07) is 6.01. The molecule has 0 spiro atoms. The standard InChI is InChI=1S/C7H5BrN2.CH4S/c8-6-1-2-7-5(3-6)4-9-10-7;1-2/h1-4H,(H,9,10);2H,1H3. The summed E-state index contributed by atoms with van der Waals surface area (Å²) in [5.74, 6) is 0. The van der Waals surface area contributed by atoms with Crippen molar-refractivity contribution in [2.75, 3.05) is 6.26 Å². The molecule has 0 aliphatic rings. The summed E-state index contributed by atoms with van der Waals surface area (Å²) in [7, 11) is 0. The fourth-order valence-electron chi connectivity index (χ4n) is 0.914. The van der Waals surface area contributed by atoms with Crippen molar-refractivity contribution >= 4 is 39.5 Å². The summed E-state index contributed by atoms with van der Waals surface area (Å²) in [4.78, 5) is 0. The van der Waals surface area contributed by atoms with E-state index < -0.39 is 0 Å². The third-order valence-electron chi connectivity index (χ3n) is 1.40. The van der Waals surface area contributed by atoms with E-state index >= 15 is 0 Å². The number of fused-ring (bicyclic) bond motifs is 1. The van der Waals surface area contributed by atoms with Crippen molar-refractivity contribution in [3.05, 3.63) is 28.9 Å². The first-order valence-electron chi connectivity index (χ1n) is 3.39. The Hall–Kier alpha value is -0.480. The number of thiol groups is 1. The first kappa shape index (κ1) is 9.61. The predicted molar refractivity (Wildman–Crippen MR) is 58.7 cm³/mol. The summed E-state index contributed by atoms with van der Waals surface area (Å²) in [6.45, 7) is 0. The molecule has 0 saturated carbocycles. The van der Waals surface area contributed by atoms with E-state index in [4.69, 9.17) is 0 Å². The van der Waals surface area contributed by atoms with Gasteiger partial charge in [0, 0.05) is 9.86 Å². The molecule has 0 fully saturated rings. The molecule has 2 nitrogen and oxygen atoms in total. The Balaban J connectivity index is 0.000000336. The average Bonchev–Trinajstić information content (AvgIpc) is 2.54. The lowest BCUT2D eigenvalue weighted by Crippen LogP contribution is -1.66. The Kier molecular flexibility index (Phi) is 3.62. The van der Waals surface area contributed by atoms with Gasteiger partial charge in [0.25, 0.3) is 0 Å². The molecule has 1 aromatic carbocycles. The van der Waals surface area contributed by atoms with Crippen molar-refractivity contribution in [3.63, 3.8) is 0 Å². The maximum atomic E-state index is 3.90. The topological polar surface area (TPSA) is 28.7 Å². The van der Waals surface area contributed by atoms with E-state index in [1.165, 1.54) is 0 Å². The van der Waals surface area contributed by atoms with Gasteiger partial charge in [0.15, 0.2) is 0 Å². The van der Waals surface area contributed by atoms with Crippen molar-refractivity contribution in [3.8, 4) is 0 Å². The molecular weight excluding hydrogens is 236 g/mol. The van der Waals surface area contributed by atoms with Crippen LogP contribution < -0.4 is 0 Å². The minimum atomic E-state index is 1.07. The van der Waals surface area contributed by atoms with Crippen molar-refractivity contribution in [1.82, 2.24) is 10.2 Å². The van der Waals surface area contributed by atoms with Crippen LogP contribution in [0.2, 0.25) is 0 Å². The van der Waals surface area contributed by atoms with E-state index in [1.807, 2.05) is 18.2 Å². The number of halogens is 1. The van der Waals surface area contributed by atoms with E-state index in [-0.39, 0.29) is 0 Å². The molecule has 1 heterocycles. The van der Waals surface area contributed by atoms with E-state index in [9.17, 15) is 0 Å². The molecule has 12 heavy (non-hydrogen) atoms. The highest BCUT2D eigenvalue weighted by molar-refractivity contribution is 9.10. The maximum Gasteiger partial charge on any atom is 0.0651 e. The summed E-state index contributed by atoms with van der Waals surface area (Å²) in [5, 5.41) is 7.91. The molecule has 64 valence electrons. The van der Waals surface area contributed by atoms with E-state index in [0.29, 0.717) is 0 Å². The number of benzene rings is 1. The van der Waals surface area contributed by atoms with Gasteiger partial charge in [-0.15, -0.1) is 0 Å². The van der Waals surface area contributed by atoms with Crippen molar-refractivity contribution in [2.24, 2.45) is 0 Å². The lowest BCUT2D eigenvalue weighted by Gasteiger charge is -1.87. The van der Waals surface area contributed by atoms with Gasteiger partial charge in [-0.25, -0.2) is 0 Å². The van der Waals surface area contributed by atoms with Crippen LogP contribution in [0.1, 0.15) is 0 Å². The number of aromatic amines is 1. The molecular formula is C8H9BrN2S. The van der Waals surface area contributed by atoms with Gasteiger partial charge < -0.3 is 0 Å². The number of hydrogen-bond acceptors (Lipinski definition) is 2. The molecule has 2 rings (SSSR count). The van der Waals surface area contributed by atoms with Gasteiger partial charge in [-0.2, -0.15) is 17.7 Å². The third kappa shape index (κ3) is 2.01. The SMILES string of the molecule is Brc1ccc2[nH]ncc2c1.CS. The minimum absolute atomic E-state index is 1.07. The monoisotopic (exact) mass is 244 g/mol. The summed E-state index contributed by atoms with van der Waals surface area (Å²) < 4.78 is 1.08. The van der Waals surface area contributed by atoms with Crippen LogP contribution in [-0.2, 0) is 0 Å². The van der Waals surface area contributed by atoms with Gasteiger partial charge in [0.1, 0.15) is 0 Å². The maximum absolute atomic E-state index is 3.90. The number of nitrogens with zero attached hydrogens (tertiary/aromatic N) is 1. The quantitative estimate of drug-likeness (QED) is 0.686. The smallest absolute Gasteiger partial charge is 0.0651 e. The third-order valence-corrected chi connectivity index (χ3v) is 1.90. The fourth-order valence-corrected chi connectivity index (χ4v) is 1.29. The number of nitrogens with one attached hydrogen (secondary N) is 1. The first-order valence-corrected chi connectivity index (χ1v) is 5.08. The van der Waals surface area contributed by atoms with Crippen LogP contribution in [0.15, 0.2) is 28.9 Å². The predicted octanol–water partition coefficient (Wildman–Crippen LogP) is 2.87. The lowest BCUT2D eigenvalue weighted by molar-refractivity contribution is 1.12. The number of hydrogen-bond donors (Lipinski definition) is 2. The second kappa shape index (κ2) is 4.52. The van der Waals surface area contributed by atoms with Crippen LogP contribution in [0.3, 0.4) is 0 Å². The van der Waals surface area contributed by atoms with Gasteiger partial charge in [-0.1, -0.05) is 15.9 Å². The zero-order chi connectivity index (χ0) is 8.97. The molecule has 0 amide bonds. The second-order valence-corrected chi connectivity index (χ2v) is 3.02. The molecule has 2 aromatic rings. The van der Waals surface area contributed by atoms with Gasteiger partial charge in [-0.05, 0) is 24.5 Å². The van der Waals surface area contributed by atoms with Crippen molar-refractivity contribution < 1.29 is 0 Å². The zero-order valence-corrected chi connectivity index (χ0v) is 9.06. The van der Waals surface area contributed by atoms with Crippen molar-refractivity contribution in [1.29, 1.82) is 0 Å². The fraction of sp³-hybridized carbons (Fsp3) is 0.125. The Morgan fingerprint density at radius 3 is 2.92 bits per heavy atom. The minimum Gasteiger partial charge on any atom is -0.278 e. The van der Waals surface area contributed by atoms with E-state index in [1.54, 1.807) is 12.5 Å². The first-order chi connectivity index (χ1) is 5.86. The Bertz CT molecular complexity index is 359. The van der Waals surface area contributed by atoms with Crippen LogP contribution in [0.25, 0.3) is 10.9 Å². The molecule has 0 saturated heterocycles. The molecule has 1 N–H and O–H groups in total. The van der Waals surface area contributed by atoms with Gasteiger partial charge in [0.2, 0.25) is 0 Å². The number of aromatic nitrogens is 2. The van der Waals surface area contributed by atoms with E-state index in [0.717, 1.165) is 15.4 Å². The largest absolute Gasteiger partial charge is 0.278 e. The highest BCUT2D eigenvalue weighted by Gasteiger charge is 1.93. The molecule has 0 bridgehead atoms. The normalized spacial score (nSPS) is 9.25. The van der Waals surface area contributed by atoms with Gasteiger partial charge in [0.05, 0.1) is 11.7 Å². The van der Waals surface area contributed by atoms with Crippen LogP contribution in [0.4, 0.5) is 0 Å². The molecule has 0 atom stereocenters. The van der Waals surface area contributed by atoms with Crippen LogP contribution in [0.5, 0.6) is 0 Å². The van der Waals surface area contributed by atoms with Crippen LogP contribution >= 0.6 is 28.6 Å².